The van der Waals surface area contributed by atoms with E-state index in [-0.39, 0.29) is 5.43 Å². The molecule has 0 aliphatic carbocycles. The fourth-order valence-corrected chi connectivity index (χ4v) is 1.78. The van der Waals surface area contributed by atoms with Crippen LogP contribution in [0.2, 0.25) is 0 Å². The van der Waals surface area contributed by atoms with Gasteiger partial charge >= 0.3 is 0 Å². The second kappa shape index (κ2) is 4.00. The summed E-state index contributed by atoms with van der Waals surface area (Å²) in [4.78, 5) is 16.0. The molecule has 0 amide bonds. The van der Waals surface area contributed by atoms with Gasteiger partial charge in [-0.3, -0.25) is 4.79 Å². The standard InChI is InChI=1S/C14H10N2O2/c15-10-5-3-9(4-6-10)13-8-12(17)11-2-1-7-16-14(11)18-13/h1-8H,15H2. The molecule has 2 aromatic heterocycles. The zero-order chi connectivity index (χ0) is 12.5. The molecule has 3 aromatic rings. The number of aromatic nitrogens is 1. The molecule has 0 saturated carbocycles. The number of fused-ring (bicyclic) bond motifs is 1. The molecule has 0 spiro atoms. The Labute approximate surface area is 103 Å². The lowest BCUT2D eigenvalue weighted by Crippen LogP contribution is -2.01. The number of anilines is 1. The maximum atomic E-state index is 11.9. The molecule has 3 rings (SSSR count). The molecular formula is C14H10N2O2. The van der Waals surface area contributed by atoms with Gasteiger partial charge in [-0.2, -0.15) is 0 Å². The third-order valence-corrected chi connectivity index (χ3v) is 2.70. The van der Waals surface area contributed by atoms with Crippen LogP contribution in [-0.4, -0.2) is 4.98 Å². The average molecular weight is 238 g/mol. The largest absolute Gasteiger partial charge is 0.437 e. The van der Waals surface area contributed by atoms with Crippen molar-refractivity contribution in [3.05, 3.63) is 58.9 Å². The van der Waals surface area contributed by atoms with Gasteiger partial charge in [0.15, 0.2) is 5.43 Å². The van der Waals surface area contributed by atoms with Gasteiger partial charge in [-0.15, -0.1) is 0 Å². The molecule has 0 unspecified atom stereocenters. The Kier molecular flexibility index (Phi) is 2.34. The highest BCUT2D eigenvalue weighted by molar-refractivity contribution is 5.75. The van der Waals surface area contributed by atoms with Crippen molar-refractivity contribution in [3.63, 3.8) is 0 Å². The van der Waals surface area contributed by atoms with E-state index in [4.69, 9.17) is 10.2 Å². The number of benzene rings is 1. The first-order chi connectivity index (χ1) is 8.74. The van der Waals surface area contributed by atoms with Gasteiger partial charge in [-0.05, 0) is 36.4 Å². The molecule has 18 heavy (non-hydrogen) atoms. The van der Waals surface area contributed by atoms with Crippen molar-refractivity contribution >= 4 is 16.8 Å². The summed E-state index contributed by atoms with van der Waals surface area (Å²) in [6, 6.07) is 12.0. The summed E-state index contributed by atoms with van der Waals surface area (Å²) in [5, 5.41) is 0.483. The van der Waals surface area contributed by atoms with E-state index in [9.17, 15) is 4.79 Å². The van der Waals surface area contributed by atoms with E-state index in [1.807, 2.05) is 12.1 Å². The zero-order valence-electron chi connectivity index (χ0n) is 9.46. The number of hydrogen-bond donors (Lipinski definition) is 1. The van der Waals surface area contributed by atoms with Crippen molar-refractivity contribution in [2.45, 2.75) is 0 Å². The zero-order valence-corrected chi connectivity index (χ0v) is 9.46. The van der Waals surface area contributed by atoms with Gasteiger partial charge in [0.1, 0.15) is 5.76 Å². The highest BCUT2D eigenvalue weighted by atomic mass is 16.3. The van der Waals surface area contributed by atoms with Crippen LogP contribution in [0, 0.1) is 0 Å². The lowest BCUT2D eigenvalue weighted by Gasteiger charge is -2.02. The SMILES string of the molecule is Nc1ccc(-c2cc(=O)c3cccnc3o2)cc1. The topological polar surface area (TPSA) is 69.1 Å². The van der Waals surface area contributed by atoms with E-state index in [2.05, 4.69) is 4.98 Å². The van der Waals surface area contributed by atoms with Crippen molar-refractivity contribution in [2.75, 3.05) is 5.73 Å². The molecular weight excluding hydrogens is 228 g/mol. The first-order valence-electron chi connectivity index (χ1n) is 5.49. The Hall–Kier alpha value is -2.62. The molecule has 0 aliphatic rings. The number of nitrogens with zero attached hydrogens (tertiary/aromatic N) is 1. The number of nitrogen functional groups attached to an aromatic ring is 1. The maximum Gasteiger partial charge on any atom is 0.230 e. The molecule has 4 heteroatoms. The molecule has 0 radical (unpaired) electrons. The lowest BCUT2D eigenvalue weighted by molar-refractivity contribution is 0.605. The van der Waals surface area contributed by atoms with Gasteiger partial charge in [0.2, 0.25) is 5.71 Å². The molecule has 2 heterocycles. The average Bonchev–Trinajstić information content (AvgIpc) is 2.39. The van der Waals surface area contributed by atoms with Crippen LogP contribution in [0.5, 0.6) is 0 Å². The first-order valence-corrected chi connectivity index (χ1v) is 5.49. The summed E-state index contributed by atoms with van der Waals surface area (Å²) in [5.41, 5.74) is 7.33. The summed E-state index contributed by atoms with van der Waals surface area (Å²) in [6.45, 7) is 0. The molecule has 1 aromatic carbocycles. The number of rotatable bonds is 1. The summed E-state index contributed by atoms with van der Waals surface area (Å²) < 4.78 is 5.62. The Balaban J connectivity index is 2.24. The van der Waals surface area contributed by atoms with E-state index in [1.165, 1.54) is 6.07 Å². The molecule has 0 bridgehead atoms. The quantitative estimate of drug-likeness (QED) is 0.661. The predicted molar refractivity (Wildman–Crippen MR) is 70.1 cm³/mol. The monoisotopic (exact) mass is 238 g/mol. The van der Waals surface area contributed by atoms with Gasteiger partial charge < -0.3 is 10.2 Å². The Morgan fingerprint density at radius 3 is 2.67 bits per heavy atom. The van der Waals surface area contributed by atoms with Crippen molar-refractivity contribution in [3.8, 4) is 11.3 Å². The van der Waals surface area contributed by atoms with Crippen LogP contribution in [0.25, 0.3) is 22.4 Å². The number of nitrogens with two attached hydrogens (primary N) is 1. The smallest absolute Gasteiger partial charge is 0.230 e. The van der Waals surface area contributed by atoms with Crippen molar-refractivity contribution < 1.29 is 4.42 Å². The van der Waals surface area contributed by atoms with Crippen LogP contribution in [0.1, 0.15) is 0 Å². The van der Waals surface area contributed by atoms with Gasteiger partial charge in [0, 0.05) is 23.5 Å². The van der Waals surface area contributed by atoms with E-state index < -0.39 is 0 Å². The van der Waals surface area contributed by atoms with Gasteiger partial charge in [-0.25, -0.2) is 4.98 Å². The molecule has 88 valence electrons. The number of hydrogen-bond acceptors (Lipinski definition) is 4. The second-order valence-electron chi connectivity index (χ2n) is 3.95. The van der Waals surface area contributed by atoms with E-state index in [1.54, 1.807) is 30.5 Å². The van der Waals surface area contributed by atoms with Crippen LogP contribution in [0.4, 0.5) is 5.69 Å². The van der Waals surface area contributed by atoms with Gasteiger partial charge in [0.05, 0.1) is 5.39 Å². The highest BCUT2D eigenvalue weighted by Crippen LogP contribution is 2.21. The first kappa shape index (κ1) is 10.5. The maximum absolute atomic E-state index is 11.9. The Morgan fingerprint density at radius 2 is 1.89 bits per heavy atom. The minimum absolute atomic E-state index is 0.101. The highest BCUT2D eigenvalue weighted by Gasteiger charge is 2.06. The van der Waals surface area contributed by atoms with E-state index in [0.717, 1.165) is 5.56 Å². The summed E-state index contributed by atoms with van der Waals surface area (Å²) in [5.74, 6) is 0.492. The third-order valence-electron chi connectivity index (χ3n) is 2.70. The van der Waals surface area contributed by atoms with Crippen LogP contribution >= 0.6 is 0 Å². The normalized spacial score (nSPS) is 10.7. The molecule has 0 aliphatic heterocycles. The fraction of sp³-hybridized carbons (Fsp3) is 0. The Morgan fingerprint density at radius 1 is 1.11 bits per heavy atom. The minimum Gasteiger partial charge on any atom is -0.437 e. The third kappa shape index (κ3) is 1.73. The van der Waals surface area contributed by atoms with Crippen LogP contribution < -0.4 is 11.2 Å². The van der Waals surface area contributed by atoms with Crippen molar-refractivity contribution in [1.82, 2.24) is 4.98 Å². The van der Waals surface area contributed by atoms with Crippen LogP contribution in [0.3, 0.4) is 0 Å². The molecule has 2 N–H and O–H groups in total. The summed E-state index contributed by atoms with van der Waals surface area (Å²) >= 11 is 0. The van der Waals surface area contributed by atoms with Crippen LogP contribution in [-0.2, 0) is 0 Å². The van der Waals surface area contributed by atoms with E-state index >= 15 is 0 Å². The van der Waals surface area contributed by atoms with Gasteiger partial charge in [0.25, 0.3) is 0 Å². The second-order valence-corrected chi connectivity index (χ2v) is 3.95. The van der Waals surface area contributed by atoms with Crippen molar-refractivity contribution in [1.29, 1.82) is 0 Å². The number of pyridine rings is 1. The Bertz CT molecular complexity index is 761. The molecule has 0 atom stereocenters. The molecule has 0 fully saturated rings. The van der Waals surface area contributed by atoms with Crippen molar-refractivity contribution in [2.24, 2.45) is 0 Å². The minimum atomic E-state index is -0.101. The lowest BCUT2D eigenvalue weighted by atomic mass is 10.1. The summed E-state index contributed by atoms with van der Waals surface area (Å²) in [7, 11) is 0. The summed E-state index contributed by atoms with van der Waals surface area (Å²) in [6.07, 6.45) is 1.60. The fourth-order valence-electron chi connectivity index (χ4n) is 1.78. The van der Waals surface area contributed by atoms with Gasteiger partial charge in [-0.1, -0.05) is 0 Å². The van der Waals surface area contributed by atoms with E-state index in [0.29, 0.717) is 22.5 Å². The molecule has 4 nitrogen and oxygen atoms in total. The van der Waals surface area contributed by atoms with Crippen LogP contribution in [0.15, 0.2) is 57.9 Å². The predicted octanol–water partition coefficient (Wildman–Crippen LogP) is 2.44. The molecule has 0 saturated heterocycles.